The second-order valence-corrected chi connectivity index (χ2v) is 7.99. The lowest BCUT2D eigenvalue weighted by Crippen LogP contribution is -2.46. The van der Waals surface area contributed by atoms with Crippen LogP contribution in [0.5, 0.6) is 11.5 Å². The van der Waals surface area contributed by atoms with E-state index in [2.05, 4.69) is 5.32 Å². The van der Waals surface area contributed by atoms with Crippen LogP contribution < -0.4 is 19.7 Å². The first-order chi connectivity index (χ1) is 16.1. The van der Waals surface area contributed by atoms with Crippen LogP contribution in [0.4, 0.5) is 5.69 Å². The minimum Gasteiger partial charge on any atom is -0.497 e. The number of nitrogens with zero attached hydrogens (tertiary/aromatic N) is 1. The minimum absolute atomic E-state index is 0.0869. The molecule has 2 amide bonds. The van der Waals surface area contributed by atoms with Crippen molar-refractivity contribution in [3.05, 3.63) is 78.3 Å². The van der Waals surface area contributed by atoms with Crippen molar-refractivity contribution < 1.29 is 23.5 Å². The van der Waals surface area contributed by atoms with Gasteiger partial charge in [0.1, 0.15) is 17.5 Å². The Balaban J connectivity index is 1.85. The summed E-state index contributed by atoms with van der Waals surface area (Å²) < 4.78 is 16.4. The second kappa shape index (κ2) is 10.3. The summed E-state index contributed by atoms with van der Waals surface area (Å²) in [6.45, 7) is 0. The minimum atomic E-state index is -0.963. The molecule has 1 aliphatic rings. The number of para-hydroxylation sites is 2. The molecule has 1 heterocycles. The maximum absolute atomic E-state index is 13.8. The fourth-order valence-corrected chi connectivity index (χ4v) is 4.29. The van der Waals surface area contributed by atoms with Gasteiger partial charge in [-0.25, -0.2) is 0 Å². The summed E-state index contributed by atoms with van der Waals surface area (Å²) in [5.41, 5.74) is 1.09. The van der Waals surface area contributed by atoms with Gasteiger partial charge in [-0.2, -0.15) is 0 Å². The van der Waals surface area contributed by atoms with Gasteiger partial charge in [0, 0.05) is 6.04 Å². The molecule has 1 saturated carbocycles. The summed E-state index contributed by atoms with van der Waals surface area (Å²) in [4.78, 5) is 29.0. The zero-order valence-corrected chi connectivity index (χ0v) is 18.8. The number of amides is 2. The molecule has 1 aliphatic carbocycles. The number of rotatable bonds is 8. The molecule has 0 unspecified atom stereocenters. The average molecular weight is 449 g/mol. The Kier molecular flexibility index (Phi) is 6.98. The van der Waals surface area contributed by atoms with E-state index in [9.17, 15) is 9.59 Å². The SMILES string of the molecule is COc1cccc([C@@H](C(=O)NC2CCCC2)N(C(=O)c2ccco2)c2ccccc2OC)c1. The summed E-state index contributed by atoms with van der Waals surface area (Å²) in [7, 11) is 3.10. The van der Waals surface area contributed by atoms with E-state index in [1.807, 2.05) is 18.2 Å². The van der Waals surface area contributed by atoms with Crippen LogP contribution in [0.3, 0.4) is 0 Å². The Morgan fingerprint density at radius 1 is 1.00 bits per heavy atom. The van der Waals surface area contributed by atoms with Crippen LogP contribution in [0, 0.1) is 0 Å². The van der Waals surface area contributed by atoms with Crippen molar-refractivity contribution in [1.82, 2.24) is 5.32 Å². The maximum atomic E-state index is 13.8. The summed E-state index contributed by atoms with van der Waals surface area (Å²) >= 11 is 0. The lowest BCUT2D eigenvalue weighted by Gasteiger charge is -2.32. The van der Waals surface area contributed by atoms with E-state index in [1.54, 1.807) is 49.6 Å². The highest BCUT2D eigenvalue weighted by Gasteiger charge is 2.37. The Bertz CT molecular complexity index is 1090. The third-order valence-corrected chi connectivity index (χ3v) is 5.91. The van der Waals surface area contributed by atoms with E-state index in [-0.39, 0.29) is 17.7 Å². The number of benzene rings is 2. The maximum Gasteiger partial charge on any atom is 0.295 e. The van der Waals surface area contributed by atoms with E-state index in [4.69, 9.17) is 13.9 Å². The van der Waals surface area contributed by atoms with Crippen molar-refractivity contribution in [2.45, 2.75) is 37.8 Å². The summed E-state index contributed by atoms with van der Waals surface area (Å²) in [6.07, 6.45) is 5.45. The van der Waals surface area contributed by atoms with Gasteiger partial charge in [-0.3, -0.25) is 14.5 Å². The molecule has 7 nitrogen and oxygen atoms in total. The number of carbonyl (C=O) groups excluding carboxylic acids is 2. The molecule has 0 bridgehead atoms. The Hall–Kier alpha value is -3.74. The zero-order chi connectivity index (χ0) is 23.2. The third-order valence-electron chi connectivity index (χ3n) is 5.91. The average Bonchev–Trinajstić information content (AvgIpc) is 3.56. The highest BCUT2D eigenvalue weighted by atomic mass is 16.5. The van der Waals surface area contributed by atoms with Crippen LogP contribution in [0.2, 0.25) is 0 Å². The molecule has 0 spiro atoms. The molecule has 3 aromatic rings. The van der Waals surface area contributed by atoms with Gasteiger partial charge in [-0.05, 0) is 54.8 Å². The van der Waals surface area contributed by atoms with Crippen LogP contribution in [-0.2, 0) is 4.79 Å². The van der Waals surface area contributed by atoms with E-state index in [0.717, 1.165) is 25.7 Å². The van der Waals surface area contributed by atoms with Gasteiger partial charge in [-0.15, -0.1) is 0 Å². The first-order valence-corrected chi connectivity index (χ1v) is 11.1. The molecule has 1 fully saturated rings. The molecular weight excluding hydrogens is 420 g/mol. The highest BCUT2D eigenvalue weighted by Crippen LogP contribution is 2.37. The molecule has 1 aromatic heterocycles. The number of hydrogen-bond donors (Lipinski definition) is 1. The van der Waals surface area contributed by atoms with Gasteiger partial charge >= 0.3 is 0 Å². The van der Waals surface area contributed by atoms with Crippen LogP contribution in [-0.4, -0.2) is 32.1 Å². The second-order valence-electron chi connectivity index (χ2n) is 7.99. The number of nitrogens with one attached hydrogen (secondary N) is 1. The molecule has 1 atom stereocenters. The molecule has 2 aromatic carbocycles. The lowest BCUT2D eigenvalue weighted by molar-refractivity contribution is -0.123. The summed E-state index contributed by atoms with van der Waals surface area (Å²) in [5, 5.41) is 3.16. The molecule has 1 N–H and O–H groups in total. The van der Waals surface area contributed by atoms with Crippen LogP contribution >= 0.6 is 0 Å². The molecule has 0 saturated heterocycles. The summed E-state index contributed by atoms with van der Waals surface area (Å²) in [5.74, 6) is 0.484. The third kappa shape index (κ3) is 4.87. The monoisotopic (exact) mass is 448 g/mol. The summed E-state index contributed by atoms with van der Waals surface area (Å²) in [6, 6.07) is 16.7. The largest absolute Gasteiger partial charge is 0.497 e. The number of furan rings is 1. The van der Waals surface area contributed by atoms with E-state index in [1.165, 1.54) is 18.3 Å². The molecular formula is C26H28N2O5. The van der Waals surface area contributed by atoms with Gasteiger partial charge in [0.2, 0.25) is 5.91 Å². The van der Waals surface area contributed by atoms with Gasteiger partial charge in [0.25, 0.3) is 5.91 Å². The van der Waals surface area contributed by atoms with E-state index >= 15 is 0 Å². The van der Waals surface area contributed by atoms with Crippen LogP contribution in [0.1, 0.15) is 47.8 Å². The smallest absolute Gasteiger partial charge is 0.295 e. The van der Waals surface area contributed by atoms with Crippen molar-refractivity contribution in [2.24, 2.45) is 0 Å². The standard InChI is InChI=1S/C26H28N2O5/c1-31-20-12-7-9-18(17-20)24(25(29)27-19-10-3-4-11-19)28(26(30)23-15-8-16-33-23)21-13-5-6-14-22(21)32-2/h5-9,12-17,19,24H,3-4,10-11H2,1-2H3,(H,27,29)/t24-/m0/s1. The number of hydrogen-bond acceptors (Lipinski definition) is 5. The van der Waals surface area contributed by atoms with E-state index in [0.29, 0.717) is 22.7 Å². The number of carbonyl (C=O) groups is 2. The normalized spacial score (nSPS) is 14.5. The number of ether oxygens (including phenoxy) is 2. The Labute approximate surface area is 193 Å². The highest BCUT2D eigenvalue weighted by molar-refractivity contribution is 6.09. The predicted octanol–water partition coefficient (Wildman–Crippen LogP) is 4.74. The van der Waals surface area contributed by atoms with Crippen LogP contribution in [0.25, 0.3) is 0 Å². The number of methoxy groups -OCH3 is 2. The van der Waals surface area contributed by atoms with Crippen molar-refractivity contribution >= 4 is 17.5 Å². The van der Waals surface area contributed by atoms with Gasteiger partial charge in [0.15, 0.2) is 5.76 Å². The van der Waals surface area contributed by atoms with Crippen LogP contribution in [0.15, 0.2) is 71.3 Å². The molecule has 33 heavy (non-hydrogen) atoms. The lowest BCUT2D eigenvalue weighted by atomic mass is 10.0. The first-order valence-electron chi connectivity index (χ1n) is 11.1. The molecule has 7 heteroatoms. The van der Waals surface area contributed by atoms with Crippen molar-refractivity contribution in [1.29, 1.82) is 0 Å². The zero-order valence-electron chi connectivity index (χ0n) is 18.8. The fraction of sp³-hybridized carbons (Fsp3) is 0.308. The number of anilines is 1. The van der Waals surface area contributed by atoms with Crippen molar-refractivity contribution in [3.8, 4) is 11.5 Å². The molecule has 4 rings (SSSR count). The molecule has 0 aliphatic heterocycles. The molecule has 172 valence electrons. The topological polar surface area (TPSA) is 81.0 Å². The first kappa shape index (κ1) is 22.5. The van der Waals surface area contributed by atoms with Crippen molar-refractivity contribution in [3.63, 3.8) is 0 Å². The van der Waals surface area contributed by atoms with Gasteiger partial charge < -0.3 is 19.2 Å². The predicted molar refractivity (Wildman–Crippen MR) is 125 cm³/mol. The molecule has 0 radical (unpaired) electrons. The fourth-order valence-electron chi connectivity index (χ4n) is 4.29. The van der Waals surface area contributed by atoms with E-state index < -0.39 is 11.9 Å². The quantitative estimate of drug-likeness (QED) is 0.538. The van der Waals surface area contributed by atoms with Gasteiger partial charge in [0.05, 0.1) is 26.2 Å². The van der Waals surface area contributed by atoms with Crippen molar-refractivity contribution in [2.75, 3.05) is 19.1 Å². The Morgan fingerprint density at radius 3 is 2.48 bits per heavy atom. The Morgan fingerprint density at radius 2 is 1.79 bits per heavy atom. The van der Waals surface area contributed by atoms with Gasteiger partial charge in [-0.1, -0.05) is 37.1 Å².